The SMILES string of the molecule is CC1CCNC(C(=O)NCCn2cnc(C(=O)O)c2)C1. The fourth-order valence-electron chi connectivity index (χ4n) is 2.33. The number of nitrogens with zero attached hydrogens (tertiary/aromatic N) is 2. The van der Waals surface area contributed by atoms with Crippen molar-refractivity contribution in [1.29, 1.82) is 0 Å². The van der Waals surface area contributed by atoms with Crippen LogP contribution in [-0.4, -0.2) is 45.7 Å². The van der Waals surface area contributed by atoms with Gasteiger partial charge in [0.2, 0.25) is 5.91 Å². The largest absolute Gasteiger partial charge is 0.476 e. The highest BCUT2D eigenvalue weighted by Crippen LogP contribution is 2.14. The van der Waals surface area contributed by atoms with E-state index < -0.39 is 5.97 Å². The zero-order valence-electron chi connectivity index (χ0n) is 11.5. The lowest BCUT2D eigenvalue weighted by Crippen LogP contribution is -2.48. The third-order valence-electron chi connectivity index (χ3n) is 3.50. The van der Waals surface area contributed by atoms with E-state index >= 15 is 0 Å². The molecule has 0 bridgehead atoms. The Balaban J connectivity index is 1.74. The van der Waals surface area contributed by atoms with Gasteiger partial charge < -0.3 is 20.3 Å². The topological polar surface area (TPSA) is 96.3 Å². The Morgan fingerprint density at radius 1 is 1.60 bits per heavy atom. The summed E-state index contributed by atoms with van der Waals surface area (Å²) >= 11 is 0. The summed E-state index contributed by atoms with van der Waals surface area (Å²) in [6.07, 6.45) is 4.88. The molecule has 0 spiro atoms. The molecule has 1 aromatic heterocycles. The first-order valence-electron chi connectivity index (χ1n) is 6.82. The maximum atomic E-state index is 12.0. The van der Waals surface area contributed by atoms with Crippen LogP contribution in [-0.2, 0) is 11.3 Å². The van der Waals surface area contributed by atoms with Crippen LogP contribution in [0.1, 0.15) is 30.3 Å². The molecule has 2 atom stereocenters. The number of carboxylic acids is 1. The number of piperidine rings is 1. The summed E-state index contributed by atoms with van der Waals surface area (Å²) < 4.78 is 1.65. The molecule has 2 heterocycles. The van der Waals surface area contributed by atoms with Gasteiger partial charge in [-0.05, 0) is 25.3 Å². The highest BCUT2D eigenvalue weighted by atomic mass is 16.4. The van der Waals surface area contributed by atoms with E-state index in [2.05, 4.69) is 22.5 Å². The second kappa shape index (κ2) is 6.51. The number of carbonyl (C=O) groups is 2. The van der Waals surface area contributed by atoms with E-state index in [1.54, 1.807) is 4.57 Å². The van der Waals surface area contributed by atoms with E-state index in [0.29, 0.717) is 19.0 Å². The Morgan fingerprint density at radius 3 is 3.05 bits per heavy atom. The fraction of sp³-hybridized carbons (Fsp3) is 0.615. The summed E-state index contributed by atoms with van der Waals surface area (Å²) in [5.41, 5.74) is 0.0131. The van der Waals surface area contributed by atoms with Gasteiger partial charge >= 0.3 is 5.97 Å². The Hall–Kier alpha value is -1.89. The van der Waals surface area contributed by atoms with Crippen LogP contribution >= 0.6 is 0 Å². The van der Waals surface area contributed by atoms with Crippen molar-refractivity contribution in [1.82, 2.24) is 20.2 Å². The van der Waals surface area contributed by atoms with Gasteiger partial charge in [0.15, 0.2) is 5.69 Å². The first-order chi connectivity index (χ1) is 9.56. The first-order valence-corrected chi connectivity index (χ1v) is 6.82. The van der Waals surface area contributed by atoms with Crippen molar-refractivity contribution in [2.24, 2.45) is 5.92 Å². The summed E-state index contributed by atoms with van der Waals surface area (Å²) in [5.74, 6) is -0.470. The number of imidazole rings is 1. The molecular weight excluding hydrogens is 260 g/mol. The normalized spacial score (nSPS) is 22.4. The van der Waals surface area contributed by atoms with Crippen molar-refractivity contribution < 1.29 is 14.7 Å². The number of hydrogen-bond acceptors (Lipinski definition) is 4. The lowest BCUT2D eigenvalue weighted by molar-refractivity contribution is -0.124. The van der Waals surface area contributed by atoms with Crippen LogP contribution < -0.4 is 10.6 Å². The number of hydrogen-bond donors (Lipinski definition) is 3. The van der Waals surface area contributed by atoms with Crippen molar-refractivity contribution in [3.05, 3.63) is 18.2 Å². The number of carboxylic acid groups (broad SMARTS) is 1. The van der Waals surface area contributed by atoms with Crippen LogP contribution in [0.5, 0.6) is 0 Å². The molecule has 2 unspecified atom stereocenters. The van der Waals surface area contributed by atoms with Crippen LogP contribution in [0, 0.1) is 5.92 Å². The first kappa shape index (κ1) is 14.5. The van der Waals surface area contributed by atoms with Gasteiger partial charge in [0.25, 0.3) is 0 Å². The molecule has 1 aromatic rings. The quantitative estimate of drug-likeness (QED) is 0.710. The highest BCUT2D eigenvalue weighted by molar-refractivity contribution is 5.84. The number of rotatable bonds is 5. The van der Waals surface area contributed by atoms with Crippen molar-refractivity contribution in [3.63, 3.8) is 0 Å². The van der Waals surface area contributed by atoms with E-state index in [0.717, 1.165) is 19.4 Å². The van der Waals surface area contributed by atoms with Crippen LogP contribution in [0.3, 0.4) is 0 Å². The lowest BCUT2D eigenvalue weighted by atomic mass is 9.94. The molecule has 0 aliphatic carbocycles. The van der Waals surface area contributed by atoms with E-state index in [1.807, 2.05) is 0 Å². The summed E-state index contributed by atoms with van der Waals surface area (Å²) in [4.78, 5) is 26.4. The molecule has 20 heavy (non-hydrogen) atoms. The van der Waals surface area contributed by atoms with Crippen molar-refractivity contribution in [2.45, 2.75) is 32.4 Å². The average molecular weight is 280 g/mol. The van der Waals surface area contributed by atoms with Crippen LogP contribution in [0.25, 0.3) is 0 Å². The van der Waals surface area contributed by atoms with Crippen molar-refractivity contribution >= 4 is 11.9 Å². The van der Waals surface area contributed by atoms with Gasteiger partial charge in [-0.1, -0.05) is 6.92 Å². The fourth-order valence-corrected chi connectivity index (χ4v) is 2.33. The number of carbonyl (C=O) groups excluding carboxylic acids is 1. The molecule has 7 heteroatoms. The highest BCUT2D eigenvalue weighted by Gasteiger charge is 2.23. The number of nitrogens with one attached hydrogen (secondary N) is 2. The molecule has 2 rings (SSSR count). The summed E-state index contributed by atoms with van der Waals surface area (Å²) in [5, 5.41) is 14.8. The molecule has 3 N–H and O–H groups in total. The maximum absolute atomic E-state index is 12.0. The van der Waals surface area contributed by atoms with Crippen LogP contribution in [0.2, 0.25) is 0 Å². The van der Waals surface area contributed by atoms with E-state index in [9.17, 15) is 9.59 Å². The standard InChI is InChI=1S/C13H20N4O3/c1-9-2-3-14-10(6-9)12(18)15-4-5-17-7-11(13(19)20)16-8-17/h7-10,14H,2-6H2,1H3,(H,15,18)(H,19,20). The molecule has 1 saturated heterocycles. The van der Waals surface area contributed by atoms with Gasteiger partial charge in [-0.25, -0.2) is 9.78 Å². The second-order valence-electron chi connectivity index (χ2n) is 5.23. The summed E-state index contributed by atoms with van der Waals surface area (Å²) in [7, 11) is 0. The minimum Gasteiger partial charge on any atom is -0.476 e. The second-order valence-corrected chi connectivity index (χ2v) is 5.23. The molecule has 7 nitrogen and oxygen atoms in total. The summed E-state index contributed by atoms with van der Waals surface area (Å²) in [6.45, 7) is 4.00. The van der Waals surface area contributed by atoms with Crippen LogP contribution in [0.4, 0.5) is 0 Å². The molecular formula is C13H20N4O3. The van der Waals surface area contributed by atoms with Crippen LogP contribution in [0.15, 0.2) is 12.5 Å². The Labute approximate surface area is 117 Å². The molecule has 0 radical (unpaired) electrons. The van der Waals surface area contributed by atoms with Crippen molar-refractivity contribution in [3.8, 4) is 0 Å². The van der Waals surface area contributed by atoms with Gasteiger partial charge in [-0.15, -0.1) is 0 Å². The number of aromatic carboxylic acids is 1. The third kappa shape index (κ3) is 3.80. The average Bonchev–Trinajstić information content (AvgIpc) is 2.87. The van der Waals surface area contributed by atoms with E-state index in [4.69, 9.17) is 5.11 Å². The predicted octanol–water partition coefficient (Wildman–Crippen LogP) is 0.0856. The van der Waals surface area contributed by atoms with Crippen molar-refractivity contribution in [2.75, 3.05) is 13.1 Å². The van der Waals surface area contributed by atoms with Gasteiger partial charge in [0.05, 0.1) is 12.4 Å². The minimum atomic E-state index is -1.05. The van der Waals surface area contributed by atoms with Gasteiger partial charge in [0.1, 0.15) is 0 Å². The number of amides is 1. The van der Waals surface area contributed by atoms with Gasteiger partial charge in [0, 0.05) is 19.3 Å². The number of aromatic nitrogens is 2. The zero-order valence-corrected chi connectivity index (χ0v) is 11.5. The van der Waals surface area contributed by atoms with E-state index in [-0.39, 0.29) is 17.6 Å². The molecule has 110 valence electrons. The van der Waals surface area contributed by atoms with E-state index in [1.165, 1.54) is 12.5 Å². The molecule has 1 amide bonds. The molecule has 0 aromatic carbocycles. The third-order valence-corrected chi connectivity index (χ3v) is 3.50. The maximum Gasteiger partial charge on any atom is 0.356 e. The zero-order chi connectivity index (χ0) is 14.5. The molecule has 1 fully saturated rings. The lowest BCUT2D eigenvalue weighted by Gasteiger charge is -2.27. The van der Waals surface area contributed by atoms with Gasteiger partial charge in [-0.3, -0.25) is 4.79 Å². The Morgan fingerprint density at radius 2 is 2.40 bits per heavy atom. The Kier molecular flexibility index (Phi) is 4.73. The molecule has 0 saturated carbocycles. The van der Waals surface area contributed by atoms with Gasteiger partial charge in [-0.2, -0.15) is 0 Å². The predicted molar refractivity (Wildman–Crippen MR) is 72.4 cm³/mol. The monoisotopic (exact) mass is 280 g/mol. The Bertz CT molecular complexity index is 486. The minimum absolute atomic E-state index is 0.00937. The molecule has 1 aliphatic heterocycles. The molecule has 1 aliphatic rings. The summed E-state index contributed by atoms with van der Waals surface area (Å²) in [6, 6.07) is -0.115. The smallest absolute Gasteiger partial charge is 0.356 e.